The maximum absolute atomic E-state index is 2.76. The minimum Gasteiger partial charge on any atom is -0.376 e. The van der Waals surface area contributed by atoms with E-state index in [0.29, 0.717) is 0 Å². The first kappa shape index (κ1) is 36.3. The maximum atomic E-state index is 2.76. The van der Waals surface area contributed by atoms with Crippen LogP contribution in [0.1, 0.15) is 76.3 Å². The Labute approximate surface area is 369 Å². The molecule has 0 saturated carbocycles. The third-order valence-corrected chi connectivity index (χ3v) is 16.1. The molecule has 4 aliphatic rings. The Morgan fingerprint density at radius 3 is 2.05 bits per heavy atom. The van der Waals surface area contributed by atoms with E-state index in [2.05, 4.69) is 216 Å². The average molecular weight is 815 g/mol. The number of fused-ring (bicyclic) bond motifs is 14. The molecule has 0 atom stereocenters. The minimum atomic E-state index is -0.212. The van der Waals surface area contributed by atoms with Gasteiger partial charge in [0.05, 0.1) is 11.4 Å². The summed E-state index contributed by atoms with van der Waals surface area (Å²) in [5.41, 5.74) is 23.6. The molecule has 0 bridgehead atoms. The van der Waals surface area contributed by atoms with Crippen LogP contribution in [0.2, 0.25) is 0 Å². The van der Waals surface area contributed by atoms with Gasteiger partial charge in [-0.2, -0.15) is 0 Å². The molecule has 0 radical (unpaired) electrons. The molecule has 0 fully saturated rings. The van der Waals surface area contributed by atoms with Crippen LogP contribution in [-0.4, -0.2) is 6.85 Å². The van der Waals surface area contributed by atoms with Crippen molar-refractivity contribution in [2.24, 2.45) is 0 Å². The fourth-order valence-electron chi connectivity index (χ4n) is 12.1. The number of hydrogen-bond donors (Lipinski definition) is 0. The van der Waals surface area contributed by atoms with Crippen molar-refractivity contribution in [2.45, 2.75) is 64.7 Å². The Kier molecular flexibility index (Phi) is 7.13. The van der Waals surface area contributed by atoms with Gasteiger partial charge < -0.3 is 9.71 Å². The Morgan fingerprint density at radius 1 is 0.516 bits per heavy atom. The molecule has 0 unspecified atom stereocenters. The zero-order valence-electron chi connectivity index (χ0n) is 36.4. The third-order valence-electron chi connectivity index (χ3n) is 14.9. The van der Waals surface area contributed by atoms with Gasteiger partial charge in [0.2, 0.25) is 0 Å². The van der Waals surface area contributed by atoms with Crippen LogP contribution in [0.25, 0.3) is 53.6 Å². The van der Waals surface area contributed by atoms with Crippen LogP contribution in [0.3, 0.4) is 0 Å². The van der Waals surface area contributed by atoms with Gasteiger partial charge in [-0.1, -0.05) is 170 Å². The molecular formula is C58H47BN2S. The SMILES string of the molecule is CC(C)(C)c1ccc(N2c3cc4c(c5c3B(c3ccc6sc7ccccc7c6c32)N2c3ccccc3C(C)(C)c3cccc-5c32)C(C)(C)c2ccccc2-4)c(-c2ccccc2)c1. The topological polar surface area (TPSA) is 6.48 Å². The van der Waals surface area contributed by atoms with Crippen LogP contribution in [-0.2, 0) is 16.2 Å². The number of anilines is 5. The van der Waals surface area contributed by atoms with Crippen molar-refractivity contribution in [1.29, 1.82) is 0 Å². The molecule has 0 N–H and O–H groups in total. The van der Waals surface area contributed by atoms with Crippen molar-refractivity contribution in [3.05, 3.63) is 186 Å². The van der Waals surface area contributed by atoms with E-state index in [9.17, 15) is 0 Å². The lowest BCUT2D eigenvalue weighted by atomic mass is 9.41. The smallest absolute Gasteiger partial charge is 0.333 e. The molecule has 1 aliphatic carbocycles. The first-order valence-electron chi connectivity index (χ1n) is 22.2. The molecule has 1 aromatic heterocycles. The summed E-state index contributed by atoms with van der Waals surface area (Å²) in [7, 11) is 0. The van der Waals surface area contributed by atoms with Crippen LogP contribution < -0.4 is 20.6 Å². The van der Waals surface area contributed by atoms with Crippen LogP contribution in [0.15, 0.2) is 158 Å². The zero-order valence-corrected chi connectivity index (χ0v) is 37.2. The predicted molar refractivity (Wildman–Crippen MR) is 267 cm³/mol. The van der Waals surface area contributed by atoms with Gasteiger partial charge >= 0.3 is 6.85 Å². The second-order valence-corrected chi connectivity index (χ2v) is 21.1. The summed E-state index contributed by atoms with van der Waals surface area (Å²) in [5, 5.41) is 2.65. The third kappa shape index (κ3) is 4.56. The molecule has 4 heterocycles. The Bertz CT molecular complexity index is 3420. The lowest BCUT2D eigenvalue weighted by molar-refractivity contribution is 0.590. The van der Waals surface area contributed by atoms with Crippen molar-refractivity contribution in [2.75, 3.05) is 9.71 Å². The van der Waals surface area contributed by atoms with Crippen LogP contribution in [0, 0.1) is 0 Å². The average Bonchev–Trinajstić information content (AvgIpc) is 3.77. The summed E-state index contributed by atoms with van der Waals surface area (Å²) in [5.74, 6) is 0. The van der Waals surface area contributed by atoms with Crippen molar-refractivity contribution >= 4 is 77.7 Å². The van der Waals surface area contributed by atoms with E-state index >= 15 is 0 Å². The van der Waals surface area contributed by atoms with Crippen LogP contribution in [0.4, 0.5) is 28.4 Å². The van der Waals surface area contributed by atoms with Crippen molar-refractivity contribution in [3.8, 4) is 33.4 Å². The number of rotatable bonds is 2. The second-order valence-electron chi connectivity index (χ2n) is 20.1. The summed E-state index contributed by atoms with van der Waals surface area (Å²) >= 11 is 1.91. The van der Waals surface area contributed by atoms with Crippen molar-refractivity contribution < 1.29 is 0 Å². The molecule has 0 saturated heterocycles. The highest BCUT2D eigenvalue weighted by molar-refractivity contribution is 7.26. The van der Waals surface area contributed by atoms with E-state index < -0.39 is 0 Å². The predicted octanol–water partition coefficient (Wildman–Crippen LogP) is 14.7. The molecule has 0 amide bonds. The zero-order chi connectivity index (χ0) is 42.0. The molecule has 13 rings (SSSR count). The molecule has 8 aromatic carbocycles. The molecule has 62 heavy (non-hydrogen) atoms. The lowest BCUT2D eigenvalue weighted by Crippen LogP contribution is -2.63. The van der Waals surface area contributed by atoms with E-state index in [4.69, 9.17) is 0 Å². The molecule has 4 heteroatoms. The first-order valence-corrected chi connectivity index (χ1v) is 23.0. The summed E-state index contributed by atoms with van der Waals surface area (Å²) in [6.45, 7) is 16.7. The summed E-state index contributed by atoms with van der Waals surface area (Å²) in [6.07, 6.45) is 0. The Hall–Kier alpha value is -6.36. The fourth-order valence-corrected chi connectivity index (χ4v) is 13.2. The van der Waals surface area contributed by atoms with Gasteiger partial charge in [0.25, 0.3) is 0 Å². The van der Waals surface area contributed by atoms with Crippen LogP contribution in [0.5, 0.6) is 0 Å². The van der Waals surface area contributed by atoms with Gasteiger partial charge in [0.15, 0.2) is 0 Å². The van der Waals surface area contributed by atoms with Gasteiger partial charge in [-0.15, -0.1) is 11.3 Å². The highest BCUT2D eigenvalue weighted by Gasteiger charge is 2.53. The molecule has 3 aliphatic heterocycles. The van der Waals surface area contributed by atoms with Crippen molar-refractivity contribution in [3.63, 3.8) is 0 Å². The van der Waals surface area contributed by atoms with E-state index in [1.165, 1.54) is 121 Å². The molecular weight excluding hydrogens is 768 g/mol. The summed E-state index contributed by atoms with van der Waals surface area (Å²) in [6, 6.07) is 60.6. The number of para-hydroxylation sites is 2. The number of hydrogen-bond acceptors (Lipinski definition) is 3. The maximum Gasteiger partial charge on any atom is 0.333 e. The molecule has 298 valence electrons. The van der Waals surface area contributed by atoms with Gasteiger partial charge in [-0.25, -0.2) is 0 Å². The Morgan fingerprint density at radius 2 is 1.23 bits per heavy atom. The second kappa shape index (κ2) is 12.2. The van der Waals surface area contributed by atoms with Gasteiger partial charge in [0.1, 0.15) is 0 Å². The minimum absolute atomic E-state index is 0.0251. The number of thiophene rings is 1. The Balaban J connectivity index is 1.26. The highest BCUT2D eigenvalue weighted by atomic mass is 32.1. The summed E-state index contributed by atoms with van der Waals surface area (Å²) in [4.78, 5) is 5.47. The molecule has 2 nitrogen and oxygen atoms in total. The monoisotopic (exact) mass is 814 g/mol. The quantitative estimate of drug-likeness (QED) is 0.160. The normalized spacial score (nSPS) is 15.8. The van der Waals surface area contributed by atoms with E-state index in [0.717, 1.165) is 0 Å². The van der Waals surface area contributed by atoms with Gasteiger partial charge in [-0.3, -0.25) is 0 Å². The summed E-state index contributed by atoms with van der Waals surface area (Å²) < 4.78 is 2.63. The van der Waals surface area contributed by atoms with E-state index in [-0.39, 0.29) is 23.1 Å². The molecule has 9 aromatic rings. The highest BCUT2D eigenvalue weighted by Crippen LogP contribution is 2.61. The largest absolute Gasteiger partial charge is 0.376 e. The standard InChI is InChI=1S/C58H47BN2S/c1-56(2,3)35-28-30-45(39(32-35)34-18-9-8-10-19-34)60-47-33-40-36-20-11-13-23-41(36)58(6,7)52(40)51-38-22-17-25-43-54(38)61(46-26-15-14-24-42(46)57(43,4)5)59(53(47)51)44-29-31-49-50(55(44)60)37-21-12-16-27-48(37)62-49/h8-33H,1-7H3. The lowest BCUT2D eigenvalue weighted by Gasteiger charge is -2.52. The van der Waals surface area contributed by atoms with Crippen molar-refractivity contribution in [1.82, 2.24) is 0 Å². The molecule has 0 spiro atoms. The first-order chi connectivity index (χ1) is 29.9. The van der Waals surface area contributed by atoms with Gasteiger partial charge in [0, 0.05) is 59.2 Å². The van der Waals surface area contributed by atoms with Crippen LogP contribution >= 0.6 is 11.3 Å². The fraction of sp³-hybridized carbons (Fsp3) is 0.172. The van der Waals surface area contributed by atoms with Gasteiger partial charge in [-0.05, 0) is 103 Å². The van der Waals surface area contributed by atoms with E-state index in [1.807, 2.05) is 11.3 Å². The number of nitrogens with zero attached hydrogens (tertiary/aromatic N) is 2. The number of benzene rings is 8. The van der Waals surface area contributed by atoms with E-state index in [1.54, 1.807) is 0 Å².